The van der Waals surface area contributed by atoms with E-state index in [1.54, 1.807) is 0 Å². The summed E-state index contributed by atoms with van der Waals surface area (Å²) in [4.78, 5) is 36.0. The first-order chi connectivity index (χ1) is 16.5. The third kappa shape index (κ3) is 4.96. The van der Waals surface area contributed by atoms with Crippen molar-refractivity contribution in [1.82, 2.24) is 5.32 Å². The molecule has 0 bridgehead atoms. The van der Waals surface area contributed by atoms with E-state index < -0.39 is 18.0 Å². The van der Waals surface area contributed by atoms with Crippen LogP contribution in [0.3, 0.4) is 0 Å². The monoisotopic (exact) mass is 462 g/mol. The lowest BCUT2D eigenvalue weighted by Gasteiger charge is -2.16. The first-order valence-corrected chi connectivity index (χ1v) is 11.2. The molecular formula is C26H26N2O6. The first kappa shape index (κ1) is 23.1. The Labute approximate surface area is 196 Å². The van der Waals surface area contributed by atoms with E-state index in [0.29, 0.717) is 12.8 Å². The average Bonchev–Trinajstić information content (AvgIpc) is 3.42. The highest BCUT2D eigenvalue weighted by atomic mass is 16.5. The Morgan fingerprint density at radius 3 is 2.29 bits per heavy atom. The Morgan fingerprint density at radius 2 is 1.68 bits per heavy atom. The van der Waals surface area contributed by atoms with Gasteiger partial charge in [-0.1, -0.05) is 55.5 Å². The van der Waals surface area contributed by atoms with Gasteiger partial charge in [0, 0.05) is 24.4 Å². The Hall–Kier alpha value is -4.07. The molecule has 0 saturated heterocycles. The van der Waals surface area contributed by atoms with Crippen LogP contribution in [-0.2, 0) is 9.53 Å². The molecule has 0 saturated carbocycles. The Kier molecular flexibility index (Phi) is 6.96. The minimum absolute atomic E-state index is 0.0538. The van der Waals surface area contributed by atoms with Crippen molar-refractivity contribution in [2.45, 2.75) is 38.1 Å². The van der Waals surface area contributed by atoms with Gasteiger partial charge in [-0.2, -0.15) is 0 Å². The van der Waals surface area contributed by atoms with E-state index in [0.717, 1.165) is 22.3 Å². The lowest BCUT2D eigenvalue weighted by atomic mass is 9.98. The smallest absolute Gasteiger partial charge is 0.411 e. The van der Waals surface area contributed by atoms with Gasteiger partial charge in [0.1, 0.15) is 6.61 Å². The van der Waals surface area contributed by atoms with Crippen molar-refractivity contribution < 1.29 is 28.6 Å². The van der Waals surface area contributed by atoms with Gasteiger partial charge in [0.2, 0.25) is 5.76 Å². The molecule has 0 aliphatic heterocycles. The van der Waals surface area contributed by atoms with Crippen LogP contribution in [0.15, 0.2) is 65.3 Å². The van der Waals surface area contributed by atoms with Gasteiger partial charge >= 0.3 is 12.1 Å². The van der Waals surface area contributed by atoms with Crippen molar-refractivity contribution in [3.8, 4) is 11.1 Å². The minimum Gasteiger partial charge on any atom is -0.481 e. The van der Waals surface area contributed by atoms with Crippen molar-refractivity contribution in [2.75, 3.05) is 11.9 Å². The number of ether oxygens (including phenoxy) is 1. The number of nitrogens with one attached hydrogen (secondary N) is 2. The van der Waals surface area contributed by atoms with Crippen molar-refractivity contribution in [3.63, 3.8) is 0 Å². The predicted octanol–water partition coefficient (Wildman–Crippen LogP) is 5.01. The molecule has 1 aliphatic rings. The summed E-state index contributed by atoms with van der Waals surface area (Å²) in [5.74, 6) is -1.61. The second-order valence-corrected chi connectivity index (χ2v) is 8.12. The van der Waals surface area contributed by atoms with Gasteiger partial charge in [0.25, 0.3) is 5.91 Å². The topological polar surface area (TPSA) is 118 Å². The molecule has 1 heterocycles. The van der Waals surface area contributed by atoms with E-state index >= 15 is 0 Å². The van der Waals surface area contributed by atoms with Gasteiger partial charge < -0.3 is 19.6 Å². The molecule has 3 N–H and O–H groups in total. The maximum Gasteiger partial charge on any atom is 0.411 e. The molecule has 8 heteroatoms. The summed E-state index contributed by atoms with van der Waals surface area (Å²) in [5.41, 5.74) is 4.66. The number of aliphatic carboxylic acids is 1. The molecule has 8 nitrogen and oxygen atoms in total. The molecule has 0 fully saturated rings. The molecule has 1 aromatic heterocycles. The van der Waals surface area contributed by atoms with Gasteiger partial charge in [0.05, 0.1) is 12.0 Å². The first-order valence-electron chi connectivity index (χ1n) is 11.2. The third-order valence-corrected chi connectivity index (χ3v) is 5.99. The van der Waals surface area contributed by atoms with Gasteiger partial charge in [-0.15, -0.1) is 0 Å². The number of carboxylic acid groups (broad SMARTS) is 1. The van der Waals surface area contributed by atoms with E-state index in [9.17, 15) is 14.4 Å². The molecule has 3 aromatic rings. The zero-order chi connectivity index (χ0) is 24.1. The number of furan rings is 1. The van der Waals surface area contributed by atoms with E-state index in [1.807, 2.05) is 43.3 Å². The molecule has 1 aliphatic carbocycles. The number of rotatable bonds is 9. The predicted molar refractivity (Wildman–Crippen MR) is 126 cm³/mol. The van der Waals surface area contributed by atoms with E-state index in [2.05, 4.69) is 22.8 Å². The number of anilines is 1. The van der Waals surface area contributed by atoms with E-state index in [1.165, 1.54) is 12.3 Å². The molecule has 2 amide bonds. The van der Waals surface area contributed by atoms with Crippen LogP contribution in [0.4, 0.5) is 10.5 Å². The van der Waals surface area contributed by atoms with Crippen molar-refractivity contribution in [2.24, 2.45) is 0 Å². The number of hydrogen-bond donors (Lipinski definition) is 3. The summed E-state index contributed by atoms with van der Waals surface area (Å²) >= 11 is 0. The number of amides is 2. The van der Waals surface area contributed by atoms with E-state index in [4.69, 9.17) is 14.3 Å². The minimum atomic E-state index is -0.927. The highest BCUT2D eigenvalue weighted by Gasteiger charge is 2.29. The molecule has 4 rings (SSSR count). The summed E-state index contributed by atoms with van der Waals surface area (Å²) in [6, 6.07) is 17.2. The lowest BCUT2D eigenvalue weighted by Crippen LogP contribution is -2.35. The zero-order valence-corrected chi connectivity index (χ0v) is 18.7. The summed E-state index contributed by atoms with van der Waals surface area (Å²) in [6.45, 7) is 2.00. The number of hydrogen-bond acceptors (Lipinski definition) is 5. The van der Waals surface area contributed by atoms with Gasteiger partial charge in [-0.3, -0.25) is 14.9 Å². The van der Waals surface area contributed by atoms with Crippen molar-refractivity contribution >= 4 is 23.7 Å². The fourth-order valence-corrected chi connectivity index (χ4v) is 4.25. The van der Waals surface area contributed by atoms with Crippen molar-refractivity contribution in [3.05, 3.63) is 77.7 Å². The number of benzene rings is 2. The molecule has 2 aromatic carbocycles. The molecule has 0 spiro atoms. The molecule has 1 unspecified atom stereocenters. The second-order valence-electron chi connectivity index (χ2n) is 8.12. The van der Waals surface area contributed by atoms with E-state index in [-0.39, 0.29) is 36.4 Å². The normalized spacial score (nSPS) is 13.0. The van der Waals surface area contributed by atoms with Crippen LogP contribution in [0, 0.1) is 0 Å². The number of carbonyl (C=O) groups excluding carboxylic acids is 2. The number of carbonyl (C=O) groups is 3. The summed E-state index contributed by atoms with van der Waals surface area (Å²) < 4.78 is 10.8. The van der Waals surface area contributed by atoms with Crippen LogP contribution in [-0.4, -0.2) is 35.7 Å². The van der Waals surface area contributed by atoms with Crippen LogP contribution < -0.4 is 10.6 Å². The summed E-state index contributed by atoms with van der Waals surface area (Å²) in [6.07, 6.45) is 1.41. The molecular weight excluding hydrogens is 436 g/mol. The largest absolute Gasteiger partial charge is 0.481 e. The summed E-state index contributed by atoms with van der Waals surface area (Å²) in [5, 5.41) is 14.2. The van der Waals surface area contributed by atoms with Crippen LogP contribution in [0.5, 0.6) is 0 Å². The molecule has 34 heavy (non-hydrogen) atoms. The standard InChI is InChI=1S/C26H26N2O6/c1-2-16(11-12-23(29)30)27-25(31)24-22(13-14-33-24)28-26(32)34-15-21-19-9-5-3-7-17(19)18-8-4-6-10-20(18)21/h3-10,13-14,16,21H,2,11-12,15H2,1H3,(H,27,31)(H,28,32)(H,29,30). The van der Waals surface area contributed by atoms with Crippen LogP contribution in [0.1, 0.15) is 53.8 Å². The Morgan fingerprint density at radius 1 is 1.03 bits per heavy atom. The fourth-order valence-electron chi connectivity index (χ4n) is 4.25. The highest BCUT2D eigenvalue weighted by molar-refractivity contribution is 6.00. The molecule has 1 atom stereocenters. The Balaban J connectivity index is 1.38. The van der Waals surface area contributed by atoms with Gasteiger partial charge in [-0.25, -0.2) is 4.79 Å². The molecule has 0 radical (unpaired) electrons. The second kappa shape index (κ2) is 10.2. The van der Waals surface area contributed by atoms with Gasteiger partial charge in [0.15, 0.2) is 0 Å². The zero-order valence-electron chi connectivity index (χ0n) is 18.7. The fraction of sp³-hybridized carbons (Fsp3) is 0.269. The Bertz CT molecular complexity index is 1160. The third-order valence-electron chi connectivity index (χ3n) is 5.99. The van der Waals surface area contributed by atoms with Crippen LogP contribution in [0.2, 0.25) is 0 Å². The number of fused-ring (bicyclic) bond motifs is 3. The van der Waals surface area contributed by atoms with Gasteiger partial charge in [-0.05, 0) is 35.1 Å². The quantitative estimate of drug-likeness (QED) is 0.411. The summed E-state index contributed by atoms with van der Waals surface area (Å²) in [7, 11) is 0. The van der Waals surface area contributed by atoms with Crippen molar-refractivity contribution in [1.29, 1.82) is 0 Å². The van der Waals surface area contributed by atoms with Crippen LogP contribution in [0.25, 0.3) is 11.1 Å². The highest BCUT2D eigenvalue weighted by Crippen LogP contribution is 2.44. The number of carboxylic acids is 1. The maximum absolute atomic E-state index is 12.6. The maximum atomic E-state index is 12.6. The lowest BCUT2D eigenvalue weighted by molar-refractivity contribution is -0.137. The SMILES string of the molecule is CCC(CCC(=O)O)NC(=O)c1occc1NC(=O)OCC1c2ccccc2-c2ccccc21. The average molecular weight is 463 g/mol. The molecule has 176 valence electrons. The van der Waals surface area contributed by atoms with Crippen LogP contribution >= 0.6 is 0 Å².